The fourth-order valence-corrected chi connectivity index (χ4v) is 3.28. The number of imidazole rings is 1. The molecule has 3 heterocycles. The van der Waals surface area contributed by atoms with Gasteiger partial charge in [0.1, 0.15) is 5.69 Å². The van der Waals surface area contributed by atoms with E-state index in [4.69, 9.17) is 4.98 Å². The van der Waals surface area contributed by atoms with E-state index in [0.29, 0.717) is 0 Å². The van der Waals surface area contributed by atoms with Gasteiger partial charge in [0.05, 0.1) is 5.69 Å². The van der Waals surface area contributed by atoms with E-state index in [1.807, 2.05) is 53.3 Å². The highest BCUT2D eigenvalue weighted by atomic mass is 32.1. The van der Waals surface area contributed by atoms with Gasteiger partial charge in [-0.3, -0.25) is 4.99 Å². The van der Waals surface area contributed by atoms with Gasteiger partial charge in [0, 0.05) is 29.0 Å². The van der Waals surface area contributed by atoms with Crippen LogP contribution >= 0.6 is 11.3 Å². The smallest absolute Gasteiger partial charge is 0.163 e. The first kappa shape index (κ1) is 13.9. The Balaban J connectivity index is 1.78. The summed E-state index contributed by atoms with van der Waals surface area (Å²) in [6.07, 6.45) is 5.97. The molecule has 0 radical (unpaired) electrons. The van der Waals surface area contributed by atoms with Crippen molar-refractivity contribution in [1.29, 1.82) is 0 Å². The van der Waals surface area contributed by atoms with Gasteiger partial charge in [-0.05, 0) is 36.1 Å². The van der Waals surface area contributed by atoms with Crippen molar-refractivity contribution in [3.05, 3.63) is 76.7 Å². The maximum Gasteiger partial charge on any atom is 0.163 e. The van der Waals surface area contributed by atoms with Crippen LogP contribution in [0, 0.1) is 6.92 Å². The molecule has 0 fully saturated rings. The zero-order valence-corrected chi connectivity index (χ0v) is 13.5. The number of aryl methyl sites for hydroxylation is 1. The molecule has 0 saturated carbocycles. The molecule has 4 aromatic rings. The second-order valence-electron chi connectivity index (χ2n) is 5.34. The van der Waals surface area contributed by atoms with Gasteiger partial charge in [-0.15, -0.1) is 11.3 Å². The average Bonchev–Trinajstić information content (AvgIpc) is 3.20. The highest BCUT2D eigenvalue weighted by molar-refractivity contribution is 7.11. The van der Waals surface area contributed by atoms with Gasteiger partial charge in [-0.25, -0.2) is 4.98 Å². The fraction of sp³-hybridized carbons (Fsp3) is 0.0526. The molecule has 0 bridgehead atoms. The summed E-state index contributed by atoms with van der Waals surface area (Å²) in [6, 6.07) is 16.3. The number of aromatic nitrogens is 2. The largest absolute Gasteiger partial charge is 0.305 e. The number of fused-ring (bicyclic) bond motifs is 1. The number of hydrogen-bond donors (Lipinski definition) is 0. The topological polar surface area (TPSA) is 29.7 Å². The number of hydrogen-bond acceptors (Lipinski definition) is 3. The van der Waals surface area contributed by atoms with E-state index in [2.05, 4.69) is 35.5 Å². The highest BCUT2D eigenvalue weighted by Crippen LogP contribution is 2.25. The molecule has 3 aromatic heterocycles. The van der Waals surface area contributed by atoms with Crippen molar-refractivity contribution >= 4 is 28.9 Å². The summed E-state index contributed by atoms with van der Waals surface area (Å²) in [7, 11) is 0. The van der Waals surface area contributed by atoms with Crippen molar-refractivity contribution in [3.8, 4) is 11.3 Å². The van der Waals surface area contributed by atoms with E-state index in [1.165, 1.54) is 10.4 Å². The lowest BCUT2D eigenvalue weighted by Gasteiger charge is -1.97. The van der Waals surface area contributed by atoms with Crippen molar-refractivity contribution in [2.24, 2.45) is 4.99 Å². The molecular formula is C19H15N3S. The first-order valence-corrected chi connectivity index (χ1v) is 8.30. The van der Waals surface area contributed by atoms with Crippen molar-refractivity contribution in [2.45, 2.75) is 6.92 Å². The molecule has 112 valence electrons. The molecule has 4 heteroatoms. The van der Waals surface area contributed by atoms with Crippen molar-refractivity contribution in [2.75, 3.05) is 0 Å². The second-order valence-corrected chi connectivity index (χ2v) is 6.29. The summed E-state index contributed by atoms with van der Waals surface area (Å²) in [5.74, 6) is 0. The van der Waals surface area contributed by atoms with Gasteiger partial charge in [0.25, 0.3) is 0 Å². The maximum atomic E-state index is 4.76. The lowest BCUT2D eigenvalue weighted by atomic mass is 10.2. The van der Waals surface area contributed by atoms with E-state index < -0.39 is 0 Å². The van der Waals surface area contributed by atoms with Gasteiger partial charge >= 0.3 is 0 Å². The van der Waals surface area contributed by atoms with Crippen molar-refractivity contribution < 1.29 is 0 Å². The summed E-state index contributed by atoms with van der Waals surface area (Å²) in [5, 5.41) is 2.08. The molecule has 1 aromatic carbocycles. The molecule has 0 atom stereocenters. The highest BCUT2D eigenvalue weighted by Gasteiger charge is 2.07. The van der Waals surface area contributed by atoms with E-state index in [0.717, 1.165) is 22.6 Å². The molecule has 23 heavy (non-hydrogen) atoms. The maximum absolute atomic E-state index is 4.76. The van der Waals surface area contributed by atoms with Crippen LogP contribution < -0.4 is 0 Å². The minimum absolute atomic E-state index is 0.872. The summed E-state index contributed by atoms with van der Waals surface area (Å²) < 4.78 is 2.02. The monoisotopic (exact) mass is 317 g/mol. The Labute approximate surface area is 138 Å². The quantitative estimate of drug-likeness (QED) is 0.482. The molecule has 0 aliphatic rings. The third-order valence-corrected chi connectivity index (χ3v) is 4.71. The third-order valence-electron chi connectivity index (χ3n) is 3.75. The van der Waals surface area contributed by atoms with Crippen LogP contribution in [-0.4, -0.2) is 15.6 Å². The number of nitrogens with zero attached hydrogens (tertiary/aromatic N) is 3. The van der Waals surface area contributed by atoms with Crippen LogP contribution in [0.25, 0.3) is 16.9 Å². The summed E-state index contributed by atoms with van der Waals surface area (Å²) >= 11 is 1.70. The van der Waals surface area contributed by atoms with Crippen molar-refractivity contribution in [1.82, 2.24) is 9.38 Å². The minimum atomic E-state index is 0.872. The van der Waals surface area contributed by atoms with Gasteiger partial charge in [-0.2, -0.15) is 0 Å². The van der Waals surface area contributed by atoms with Gasteiger partial charge < -0.3 is 4.40 Å². The summed E-state index contributed by atoms with van der Waals surface area (Å²) in [6.45, 7) is 2.10. The van der Waals surface area contributed by atoms with E-state index in [-0.39, 0.29) is 0 Å². The normalized spacial score (nSPS) is 11.5. The number of benzene rings is 1. The summed E-state index contributed by atoms with van der Waals surface area (Å²) in [4.78, 5) is 10.6. The Morgan fingerprint density at radius 3 is 2.74 bits per heavy atom. The zero-order valence-electron chi connectivity index (χ0n) is 12.7. The Morgan fingerprint density at radius 1 is 1.09 bits per heavy atom. The SMILES string of the molecule is Cc1ccsc1C=Nc1cccn2cc(-c3ccccc3)nc12. The first-order valence-electron chi connectivity index (χ1n) is 7.42. The van der Waals surface area contributed by atoms with E-state index in [9.17, 15) is 0 Å². The number of pyridine rings is 1. The van der Waals surface area contributed by atoms with Crippen LogP contribution in [0.4, 0.5) is 5.69 Å². The first-order chi connectivity index (χ1) is 11.3. The third kappa shape index (κ3) is 2.69. The second kappa shape index (κ2) is 5.82. The van der Waals surface area contributed by atoms with Gasteiger partial charge in [0.2, 0.25) is 0 Å². The van der Waals surface area contributed by atoms with Gasteiger partial charge in [-0.1, -0.05) is 30.3 Å². The van der Waals surface area contributed by atoms with Crippen LogP contribution in [0.1, 0.15) is 10.4 Å². The predicted molar refractivity (Wildman–Crippen MR) is 96.9 cm³/mol. The molecule has 0 N–H and O–H groups in total. The van der Waals surface area contributed by atoms with Gasteiger partial charge in [0.15, 0.2) is 5.65 Å². The fourth-order valence-electron chi connectivity index (χ4n) is 2.49. The standard InChI is InChI=1S/C19H15N3S/c1-14-9-11-23-18(14)12-20-16-8-5-10-22-13-17(21-19(16)22)15-6-3-2-4-7-15/h2-13H,1H3. The number of thiophene rings is 1. The Bertz CT molecular complexity index is 980. The lowest BCUT2D eigenvalue weighted by molar-refractivity contribution is 1.18. The van der Waals surface area contributed by atoms with Crippen LogP contribution in [0.2, 0.25) is 0 Å². The van der Waals surface area contributed by atoms with E-state index in [1.54, 1.807) is 11.3 Å². The minimum Gasteiger partial charge on any atom is -0.305 e. The average molecular weight is 317 g/mol. The van der Waals surface area contributed by atoms with Crippen LogP contribution in [0.5, 0.6) is 0 Å². The summed E-state index contributed by atoms with van der Waals surface area (Å²) in [5.41, 5.74) is 5.07. The molecule has 0 spiro atoms. The molecule has 0 amide bonds. The molecule has 3 nitrogen and oxygen atoms in total. The van der Waals surface area contributed by atoms with Crippen LogP contribution in [0.3, 0.4) is 0 Å². The Kier molecular flexibility index (Phi) is 3.52. The predicted octanol–water partition coefficient (Wildman–Crippen LogP) is 5.12. The number of aliphatic imine (C=N–C) groups is 1. The van der Waals surface area contributed by atoms with Crippen molar-refractivity contribution in [3.63, 3.8) is 0 Å². The molecule has 0 aliphatic carbocycles. The molecular weight excluding hydrogens is 302 g/mol. The molecule has 4 rings (SSSR count). The Hall–Kier alpha value is -2.72. The van der Waals surface area contributed by atoms with E-state index >= 15 is 0 Å². The lowest BCUT2D eigenvalue weighted by Crippen LogP contribution is -1.83. The molecule has 0 saturated heterocycles. The number of rotatable bonds is 3. The van der Waals surface area contributed by atoms with Crippen LogP contribution in [0.15, 0.2) is 71.3 Å². The molecule has 0 aliphatic heterocycles. The molecule has 0 unspecified atom stereocenters. The zero-order chi connectivity index (χ0) is 15.6. The van der Waals surface area contributed by atoms with Crippen LogP contribution in [-0.2, 0) is 0 Å². The Morgan fingerprint density at radius 2 is 1.96 bits per heavy atom.